The quantitative estimate of drug-likeness (QED) is 0.682. The number of hydrogen-bond donors (Lipinski definition) is 1. The number of nitrogens with zero attached hydrogens (tertiary/aromatic N) is 6. The second kappa shape index (κ2) is 7.36. The van der Waals surface area contributed by atoms with Gasteiger partial charge in [0.25, 0.3) is 0 Å². The second-order valence-corrected chi connectivity index (χ2v) is 7.53. The summed E-state index contributed by atoms with van der Waals surface area (Å²) < 4.78 is 7.61. The number of morpholine rings is 1. The van der Waals surface area contributed by atoms with E-state index >= 15 is 0 Å². The van der Waals surface area contributed by atoms with Crippen LogP contribution in [0.3, 0.4) is 0 Å². The van der Waals surface area contributed by atoms with Crippen molar-refractivity contribution < 1.29 is 4.74 Å². The van der Waals surface area contributed by atoms with Crippen LogP contribution in [0.1, 0.15) is 11.3 Å². The molecule has 0 atom stereocenters. The minimum Gasteiger partial charge on any atom is -0.399 e. The molecular weight excluding hydrogens is 366 g/mol. The molecule has 1 fully saturated rings. The molecule has 1 saturated heterocycles. The molecule has 0 bridgehead atoms. The fraction of sp³-hybridized carbons (Fsp3) is 0.381. The van der Waals surface area contributed by atoms with Gasteiger partial charge in [0.2, 0.25) is 5.95 Å². The number of ether oxygens (including phenoxy) is 1. The molecule has 29 heavy (non-hydrogen) atoms. The standard InChI is InChI=1S/C21H25N7O/c1-26-9-7-23-21(26)28-8-6-17-18(14-28)24-19(15-2-4-16(22)5-3-15)25-20(17)27-10-12-29-13-11-27/h2-5,7,9H,6,8,10-14,22H2,1H3. The van der Waals surface area contributed by atoms with Crippen LogP contribution >= 0.6 is 0 Å². The lowest BCUT2D eigenvalue weighted by molar-refractivity contribution is 0.122. The van der Waals surface area contributed by atoms with Crippen molar-refractivity contribution in [3.63, 3.8) is 0 Å². The number of fused-ring (bicyclic) bond motifs is 1. The molecule has 3 aromatic rings. The Hall–Kier alpha value is -3.13. The lowest BCUT2D eigenvalue weighted by Crippen LogP contribution is -2.40. The van der Waals surface area contributed by atoms with Crippen LogP contribution in [-0.4, -0.2) is 52.4 Å². The first-order valence-corrected chi connectivity index (χ1v) is 10.00. The lowest BCUT2D eigenvalue weighted by atomic mass is 10.0. The minimum atomic E-state index is 0.724. The number of aryl methyl sites for hydroxylation is 1. The number of nitrogens with two attached hydrogens (primary N) is 1. The van der Waals surface area contributed by atoms with E-state index < -0.39 is 0 Å². The van der Waals surface area contributed by atoms with E-state index in [4.69, 9.17) is 20.4 Å². The van der Waals surface area contributed by atoms with E-state index in [-0.39, 0.29) is 0 Å². The Labute approximate surface area is 170 Å². The number of nitrogen functional groups attached to an aromatic ring is 1. The van der Waals surface area contributed by atoms with Gasteiger partial charge in [-0.05, 0) is 30.7 Å². The van der Waals surface area contributed by atoms with Crippen LogP contribution in [0.15, 0.2) is 36.7 Å². The molecule has 5 rings (SSSR count). The maximum Gasteiger partial charge on any atom is 0.205 e. The summed E-state index contributed by atoms with van der Waals surface area (Å²) in [7, 11) is 2.02. The third-order valence-electron chi connectivity index (χ3n) is 5.60. The summed E-state index contributed by atoms with van der Waals surface area (Å²) in [6, 6.07) is 7.76. The maximum atomic E-state index is 5.87. The predicted molar refractivity (Wildman–Crippen MR) is 113 cm³/mol. The topological polar surface area (TPSA) is 85.3 Å². The van der Waals surface area contributed by atoms with Gasteiger partial charge in [-0.25, -0.2) is 15.0 Å². The Morgan fingerprint density at radius 1 is 1.00 bits per heavy atom. The van der Waals surface area contributed by atoms with Gasteiger partial charge >= 0.3 is 0 Å². The summed E-state index contributed by atoms with van der Waals surface area (Å²) >= 11 is 0. The van der Waals surface area contributed by atoms with Gasteiger partial charge in [-0.3, -0.25) is 0 Å². The van der Waals surface area contributed by atoms with Gasteiger partial charge in [-0.15, -0.1) is 0 Å². The smallest absolute Gasteiger partial charge is 0.205 e. The number of rotatable bonds is 3. The molecule has 0 spiro atoms. The molecule has 4 heterocycles. The number of benzene rings is 1. The van der Waals surface area contributed by atoms with Gasteiger partial charge in [-0.2, -0.15) is 0 Å². The zero-order valence-corrected chi connectivity index (χ0v) is 16.6. The number of imidazole rings is 1. The molecule has 2 aliphatic rings. The van der Waals surface area contributed by atoms with Crippen molar-refractivity contribution in [3.05, 3.63) is 47.9 Å². The van der Waals surface area contributed by atoms with E-state index in [9.17, 15) is 0 Å². The Balaban J connectivity index is 1.57. The Kier molecular flexibility index (Phi) is 4.55. The molecule has 0 aliphatic carbocycles. The predicted octanol–water partition coefficient (Wildman–Crippen LogP) is 1.86. The Bertz CT molecular complexity index is 1010. The highest BCUT2D eigenvalue weighted by molar-refractivity contribution is 5.63. The summed E-state index contributed by atoms with van der Waals surface area (Å²) in [4.78, 5) is 19.1. The maximum absolute atomic E-state index is 5.87. The van der Waals surface area contributed by atoms with Crippen molar-refractivity contribution in [2.24, 2.45) is 7.05 Å². The van der Waals surface area contributed by atoms with Gasteiger partial charge in [0.15, 0.2) is 5.82 Å². The van der Waals surface area contributed by atoms with Crippen LogP contribution in [0.4, 0.5) is 17.5 Å². The summed E-state index contributed by atoms with van der Waals surface area (Å²) in [5.74, 6) is 2.76. The van der Waals surface area contributed by atoms with Crippen LogP contribution in [0.25, 0.3) is 11.4 Å². The average Bonchev–Trinajstić information content (AvgIpc) is 3.19. The summed E-state index contributed by atoms with van der Waals surface area (Å²) in [5, 5.41) is 0. The third-order valence-corrected chi connectivity index (χ3v) is 5.60. The minimum absolute atomic E-state index is 0.724. The molecule has 2 N–H and O–H groups in total. The molecule has 150 valence electrons. The highest BCUT2D eigenvalue weighted by Crippen LogP contribution is 2.31. The van der Waals surface area contributed by atoms with E-state index in [1.54, 1.807) is 0 Å². The largest absolute Gasteiger partial charge is 0.399 e. The summed E-state index contributed by atoms with van der Waals surface area (Å²) in [5.41, 5.74) is 9.90. The number of anilines is 3. The first kappa shape index (κ1) is 17.9. The van der Waals surface area contributed by atoms with E-state index in [0.717, 1.165) is 80.3 Å². The number of hydrogen-bond acceptors (Lipinski definition) is 7. The van der Waals surface area contributed by atoms with Crippen molar-refractivity contribution in [3.8, 4) is 11.4 Å². The molecule has 1 aromatic carbocycles. The van der Waals surface area contributed by atoms with Crippen molar-refractivity contribution in [2.45, 2.75) is 13.0 Å². The van der Waals surface area contributed by atoms with Crippen LogP contribution < -0.4 is 15.5 Å². The van der Waals surface area contributed by atoms with Crippen molar-refractivity contribution in [1.82, 2.24) is 19.5 Å². The van der Waals surface area contributed by atoms with Gasteiger partial charge in [0, 0.05) is 55.9 Å². The Morgan fingerprint density at radius 2 is 1.79 bits per heavy atom. The molecule has 0 unspecified atom stereocenters. The average molecular weight is 391 g/mol. The van der Waals surface area contributed by atoms with E-state index in [0.29, 0.717) is 0 Å². The van der Waals surface area contributed by atoms with Crippen LogP contribution in [0.2, 0.25) is 0 Å². The fourth-order valence-corrected chi connectivity index (χ4v) is 4.04. The monoisotopic (exact) mass is 391 g/mol. The molecule has 0 radical (unpaired) electrons. The van der Waals surface area contributed by atoms with Crippen molar-refractivity contribution in [1.29, 1.82) is 0 Å². The van der Waals surface area contributed by atoms with Gasteiger partial charge in [-0.1, -0.05) is 0 Å². The van der Waals surface area contributed by atoms with Gasteiger partial charge < -0.3 is 24.8 Å². The lowest BCUT2D eigenvalue weighted by Gasteiger charge is -2.34. The summed E-state index contributed by atoms with van der Waals surface area (Å²) in [6.45, 7) is 4.80. The SMILES string of the molecule is Cn1ccnc1N1CCc2c(nc(-c3ccc(N)cc3)nc2N2CCOCC2)C1. The normalized spacial score (nSPS) is 16.7. The van der Waals surface area contributed by atoms with Crippen LogP contribution in [-0.2, 0) is 24.8 Å². The highest BCUT2D eigenvalue weighted by Gasteiger charge is 2.27. The van der Waals surface area contributed by atoms with E-state index in [1.165, 1.54) is 5.56 Å². The number of aromatic nitrogens is 4. The van der Waals surface area contributed by atoms with Crippen molar-refractivity contribution >= 4 is 17.5 Å². The summed E-state index contributed by atoms with van der Waals surface area (Å²) in [6.07, 6.45) is 4.71. The zero-order valence-electron chi connectivity index (χ0n) is 16.6. The molecule has 8 nitrogen and oxygen atoms in total. The van der Waals surface area contributed by atoms with E-state index in [1.807, 2.05) is 43.7 Å². The van der Waals surface area contributed by atoms with Crippen LogP contribution in [0.5, 0.6) is 0 Å². The molecule has 0 saturated carbocycles. The highest BCUT2D eigenvalue weighted by atomic mass is 16.5. The second-order valence-electron chi connectivity index (χ2n) is 7.53. The Morgan fingerprint density at radius 3 is 2.52 bits per heavy atom. The van der Waals surface area contributed by atoms with Gasteiger partial charge in [0.05, 0.1) is 25.5 Å². The molecular formula is C21H25N7O. The van der Waals surface area contributed by atoms with E-state index in [2.05, 4.69) is 19.4 Å². The van der Waals surface area contributed by atoms with Crippen LogP contribution in [0, 0.1) is 0 Å². The molecule has 0 amide bonds. The molecule has 8 heteroatoms. The zero-order chi connectivity index (χ0) is 19.8. The fourth-order valence-electron chi connectivity index (χ4n) is 4.04. The first-order chi connectivity index (χ1) is 14.2. The van der Waals surface area contributed by atoms with Crippen molar-refractivity contribution in [2.75, 3.05) is 48.4 Å². The third kappa shape index (κ3) is 3.40. The molecule has 2 aliphatic heterocycles. The van der Waals surface area contributed by atoms with Gasteiger partial charge in [0.1, 0.15) is 5.82 Å². The molecule has 2 aromatic heterocycles. The first-order valence-electron chi connectivity index (χ1n) is 10.00.